The van der Waals surface area contributed by atoms with Gasteiger partial charge in [0.15, 0.2) is 0 Å². The minimum atomic E-state index is -0.892. The number of pyridine rings is 1. The van der Waals surface area contributed by atoms with Crippen molar-refractivity contribution >= 4 is 17.6 Å². The van der Waals surface area contributed by atoms with Crippen LogP contribution in [0.1, 0.15) is 11.3 Å². The number of alkyl halides is 1. The van der Waals surface area contributed by atoms with Crippen LogP contribution in [0.15, 0.2) is 18.3 Å². The SMILES string of the molecule is O=C(O)Cc1ccc(C#CCCl)cn1. The Labute approximate surface area is 86.7 Å². The lowest BCUT2D eigenvalue weighted by atomic mass is 10.2. The van der Waals surface area contributed by atoms with Gasteiger partial charge in [0.25, 0.3) is 0 Å². The average molecular weight is 210 g/mol. The van der Waals surface area contributed by atoms with Crippen molar-refractivity contribution in [2.24, 2.45) is 0 Å². The molecular formula is C10H8ClNO2. The summed E-state index contributed by atoms with van der Waals surface area (Å²) in [6.45, 7) is 0. The number of halogens is 1. The first-order valence-electron chi connectivity index (χ1n) is 3.94. The zero-order valence-electron chi connectivity index (χ0n) is 7.33. The van der Waals surface area contributed by atoms with Crippen molar-refractivity contribution in [2.75, 3.05) is 5.88 Å². The fourth-order valence-electron chi connectivity index (χ4n) is 0.893. The summed E-state index contributed by atoms with van der Waals surface area (Å²) in [6, 6.07) is 3.37. The Kier molecular flexibility index (Phi) is 3.96. The summed E-state index contributed by atoms with van der Waals surface area (Å²) in [5.41, 5.74) is 1.26. The normalized spacial score (nSPS) is 8.93. The number of hydrogen-bond acceptors (Lipinski definition) is 2. The van der Waals surface area contributed by atoms with Crippen LogP contribution in [-0.2, 0) is 11.2 Å². The Morgan fingerprint density at radius 1 is 1.57 bits per heavy atom. The second-order valence-electron chi connectivity index (χ2n) is 2.54. The molecule has 0 aliphatic carbocycles. The highest BCUT2D eigenvalue weighted by molar-refractivity contribution is 6.19. The Morgan fingerprint density at radius 3 is 2.86 bits per heavy atom. The predicted octanol–water partition coefficient (Wildman–Crippen LogP) is 1.30. The van der Waals surface area contributed by atoms with E-state index < -0.39 is 5.97 Å². The Bertz CT molecular complexity index is 375. The number of aromatic nitrogens is 1. The van der Waals surface area contributed by atoms with Gasteiger partial charge in [-0.2, -0.15) is 0 Å². The van der Waals surface area contributed by atoms with Crippen molar-refractivity contribution in [3.63, 3.8) is 0 Å². The zero-order chi connectivity index (χ0) is 10.4. The van der Waals surface area contributed by atoms with Gasteiger partial charge in [0, 0.05) is 11.8 Å². The smallest absolute Gasteiger partial charge is 0.309 e. The van der Waals surface area contributed by atoms with Crippen LogP contribution < -0.4 is 0 Å². The summed E-state index contributed by atoms with van der Waals surface area (Å²) in [4.78, 5) is 14.3. The van der Waals surface area contributed by atoms with Crippen molar-refractivity contribution in [1.82, 2.24) is 4.98 Å². The fourth-order valence-corrected chi connectivity index (χ4v) is 0.960. The highest BCUT2D eigenvalue weighted by Gasteiger charge is 2.00. The van der Waals surface area contributed by atoms with Gasteiger partial charge >= 0.3 is 5.97 Å². The summed E-state index contributed by atoms with van der Waals surface area (Å²) in [5.74, 6) is 4.85. The maximum absolute atomic E-state index is 10.3. The Balaban J connectivity index is 2.73. The standard InChI is InChI=1S/C10H8ClNO2/c11-5-1-2-8-3-4-9(12-7-8)6-10(13)14/h3-4,7H,5-6H2,(H,13,14). The van der Waals surface area contributed by atoms with Crippen molar-refractivity contribution in [3.8, 4) is 11.8 Å². The third kappa shape index (κ3) is 3.46. The topological polar surface area (TPSA) is 50.2 Å². The van der Waals surface area contributed by atoms with Crippen LogP contribution in [0.3, 0.4) is 0 Å². The monoisotopic (exact) mass is 209 g/mol. The molecule has 1 rings (SSSR count). The van der Waals surface area contributed by atoms with E-state index in [9.17, 15) is 4.79 Å². The molecule has 0 aliphatic rings. The number of aliphatic carboxylic acids is 1. The first kappa shape index (κ1) is 10.6. The van der Waals surface area contributed by atoms with Gasteiger partial charge < -0.3 is 5.11 Å². The van der Waals surface area contributed by atoms with E-state index in [1.807, 2.05) is 0 Å². The molecule has 0 unspecified atom stereocenters. The summed E-state index contributed by atoms with van der Waals surface area (Å²) in [6.07, 6.45) is 1.47. The van der Waals surface area contributed by atoms with Crippen LogP contribution in [0.5, 0.6) is 0 Å². The van der Waals surface area contributed by atoms with Gasteiger partial charge in [-0.15, -0.1) is 11.6 Å². The second kappa shape index (κ2) is 5.25. The highest BCUT2D eigenvalue weighted by Crippen LogP contribution is 1.99. The predicted molar refractivity (Wildman–Crippen MR) is 53.2 cm³/mol. The van der Waals surface area contributed by atoms with E-state index in [0.29, 0.717) is 5.69 Å². The lowest BCUT2D eigenvalue weighted by molar-refractivity contribution is -0.136. The molecule has 1 aromatic rings. The van der Waals surface area contributed by atoms with E-state index in [1.54, 1.807) is 12.1 Å². The molecule has 0 aliphatic heterocycles. The summed E-state index contributed by atoms with van der Waals surface area (Å²) in [5, 5.41) is 8.49. The number of carbonyl (C=O) groups is 1. The van der Waals surface area contributed by atoms with Crippen molar-refractivity contribution in [2.45, 2.75) is 6.42 Å². The fraction of sp³-hybridized carbons (Fsp3) is 0.200. The molecule has 0 saturated heterocycles. The summed E-state index contributed by atoms with van der Waals surface area (Å²) >= 11 is 5.38. The lowest BCUT2D eigenvalue weighted by Gasteiger charge is -1.95. The highest BCUT2D eigenvalue weighted by atomic mass is 35.5. The van der Waals surface area contributed by atoms with Crippen molar-refractivity contribution in [1.29, 1.82) is 0 Å². The first-order chi connectivity index (χ1) is 6.72. The molecule has 0 spiro atoms. The molecule has 1 heterocycles. The van der Waals surface area contributed by atoms with Crippen LogP contribution in [0.2, 0.25) is 0 Å². The van der Waals surface area contributed by atoms with Crippen LogP contribution in [0, 0.1) is 11.8 Å². The van der Waals surface area contributed by atoms with E-state index in [1.165, 1.54) is 6.20 Å². The van der Waals surface area contributed by atoms with E-state index in [0.717, 1.165) is 5.56 Å². The molecule has 0 fully saturated rings. The maximum atomic E-state index is 10.3. The Hall–Kier alpha value is -1.53. The van der Waals surface area contributed by atoms with Crippen molar-refractivity contribution < 1.29 is 9.90 Å². The van der Waals surface area contributed by atoms with Gasteiger partial charge in [0.05, 0.1) is 18.0 Å². The molecule has 1 N–H and O–H groups in total. The number of carboxylic acids is 1. The second-order valence-corrected chi connectivity index (χ2v) is 2.81. The van der Waals surface area contributed by atoms with Gasteiger partial charge in [0.2, 0.25) is 0 Å². The van der Waals surface area contributed by atoms with Gasteiger partial charge in [-0.25, -0.2) is 0 Å². The number of nitrogens with zero attached hydrogens (tertiary/aromatic N) is 1. The number of rotatable bonds is 2. The lowest BCUT2D eigenvalue weighted by Crippen LogP contribution is -2.01. The minimum absolute atomic E-state index is 0.0663. The molecule has 0 aromatic carbocycles. The van der Waals surface area contributed by atoms with Gasteiger partial charge in [-0.1, -0.05) is 11.8 Å². The van der Waals surface area contributed by atoms with Crippen LogP contribution in [0.4, 0.5) is 0 Å². The van der Waals surface area contributed by atoms with Crippen LogP contribution in [0.25, 0.3) is 0 Å². The number of hydrogen-bond donors (Lipinski definition) is 1. The zero-order valence-corrected chi connectivity index (χ0v) is 8.08. The molecule has 0 saturated carbocycles. The van der Waals surface area contributed by atoms with E-state index in [2.05, 4.69) is 16.8 Å². The van der Waals surface area contributed by atoms with Gasteiger partial charge in [-0.3, -0.25) is 9.78 Å². The van der Waals surface area contributed by atoms with Crippen molar-refractivity contribution in [3.05, 3.63) is 29.6 Å². The van der Waals surface area contributed by atoms with Gasteiger partial charge in [-0.05, 0) is 12.1 Å². The molecule has 0 bridgehead atoms. The summed E-state index contributed by atoms with van der Waals surface area (Å²) < 4.78 is 0. The van der Waals surface area contributed by atoms with E-state index >= 15 is 0 Å². The molecular weight excluding hydrogens is 202 g/mol. The minimum Gasteiger partial charge on any atom is -0.481 e. The third-order valence-corrected chi connectivity index (χ3v) is 1.59. The third-order valence-electron chi connectivity index (χ3n) is 1.46. The first-order valence-corrected chi connectivity index (χ1v) is 4.47. The molecule has 4 heteroatoms. The number of carboxylic acid groups (broad SMARTS) is 1. The van der Waals surface area contributed by atoms with E-state index in [-0.39, 0.29) is 12.3 Å². The molecule has 0 atom stereocenters. The largest absolute Gasteiger partial charge is 0.481 e. The van der Waals surface area contributed by atoms with Gasteiger partial charge in [0.1, 0.15) is 0 Å². The van der Waals surface area contributed by atoms with Crippen LogP contribution >= 0.6 is 11.6 Å². The Morgan fingerprint density at radius 2 is 2.36 bits per heavy atom. The summed E-state index contributed by atoms with van der Waals surface area (Å²) in [7, 11) is 0. The molecule has 3 nitrogen and oxygen atoms in total. The van der Waals surface area contributed by atoms with E-state index in [4.69, 9.17) is 16.7 Å². The molecule has 14 heavy (non-hydrogen) atoms. The molecule has 0 amide bonds. The molecule has 72 valence electrons. The maximum Gasteiger partial charge on any atom is 0.309 e. The quantitative estimate of drug-likeness (QED) is 0.590. The van der Waals surface area contributed by atoms with Crippen LogP contribution in [-0.4, -0.2) is 21.9 Å². The average Bonchev–Trinajstić information content (AvgIpc) is 2.16. The molecule has 0 radical (unpaired) electrons. The molecule has 1 aromatic heterocycles.